The largest absolute Gasteiger partial charge is 0.496 e. The first-order chi connectivity index (χ1) is 11.7. The molecule has 2 amide bonds. The molecule has 2 N–H and O–H groups in total. The van der Waals surface area contributed by atoms with Crippen molar-refractivity contribution >= 4 is 17.9 Å². The van der Waals surface area contributed by atoms with Crippen LogP contribution in [0.2, 0.25) is 0 Å². The van der Waals surface area contributed by atoms with Gasteiger partial charge in [-0.3, -0.25) is 14.5 Å². The molecule has 130 valence electrons. The summed E-state index contributed by atoms with van der Waals surface area (Å²) < 4.78 is 5.32. The van der Waals surface area contributed by atoms with Gasteiger partial charge < -0.3 is 15.4 Å². The molecule has 1 atom stereocenters. The molecular weight excluding hydrogens is 306 g/mol. The van der Waals surface area contributed by atoms with E-state index in [1.807, 2.05) is 48.2 Å². The summed E-state index contributed by atoms with van der Waals surface area (Å²) in [6.07, 6.45) is 4.16. The highest BCUT2D eigenvalue weighted by atomic mass is 16.5. The summed E-state index contributed by atoms with van der Waals surface area (Å²) in [5, 5.41) is 5.58. The first kappa shape index (κ1) is 18.0. The number of methoxy groups -OCH3 is 1. The van der Waals surface area contributed by atoms with Gasteiger partial charge in [0, 0.05) is 31.7 Å². The lowest BCUT2D eigenvalue weighted by Crippen LogP contribution is -2.56. The number of carbonyl (C=O) groups is 2. The number of piperazine rings is 1. The number of carbonyl (C=O) groups excluding carboxylic acids is 2. The van der Waals surface area contributed by atoms with E-state index < -0.39 is 6.04 Å². The number of nitrogens with zero attached hydrogens (tertiary/aromatic N) is 1. The zero-order valence-corrected chi connectivity index (χ0v) is 14.2. The van der Waals surface area contributed by atoms with Gasteiger partial charge in [-0.2, -0.15) is 0 Å². The Kier molecular flexibility index (Phi) is 6.81. The summed E-state index contributed by atoms with van der Waals surface area (Å²) in [4.78, 5) is 26.0. The maximum absolute atomic E-state index is 12.1. The van der Waals surface area contributed by atoms with Gasteiger partial charge in [-0.25, -0.2) is 0 Å². The molecule has 6 heteroatoms. The van der Waals surface area contributed by atoms with Gasteiger partial charge in [-0.05, 0) is 13.0 Å². The van der Waals surface area contributed by atoms with E-state index in [0.29, 0.717) is 19.6 Å². The van der Waals surface area contributed by atoms with E-state index in [9.17, 15) is 9.59 Å². The Morgan fingerprint density at radius 2 is 2.25 bits per heavy atom. The number of hydrogen-bond donors (Lipinski definition) is 2. The van der Waals surface area contributed by atoms with E-state index in [1.165, 1.54) is 0 Å². The molecule has 1 aliphatic rings. The molecule has 1 aromatic rings. The Labute approximate surface area is 142 Å². The van der Waals surface area contributed by atoms with Crippen LogP contribution in [-0.4, -0.2) is 56.0 Å². The molecule has 1 unspecified atom stereocenters. The first-order valence-corrected chi connectivity index (χ1v) is 8.23. The van der Waals surface area contributed by atoms with E-state index in [4.69, 9.17) is 4.74 Å². The van der Waals surface area contributed by atoms with Crippen molar-refractivity contribution in [2.75, 3.05) is 33.3 Å². The van der Waals surface area contributed by atoms with Crippen molar-refractivity contribution in [3.8, 4) is 5.75 Å². The molecule has 0 saturated carbocycles. The maximum atomic E-state index is 12.1. The lowest BCUT2D eigenvalue weighted by molar-refractivity contribution is -0.133. The highest BCUT2D eigenvalue weighted by Crippen LogP contribution is 2.19. The second-order valence-corrected chi connectivity index (χ2v) is 5.60. The quantitative estimate of drug-likeness (QED) is 0.783. The van der Waals surface area contributed by atoms with Gasteiger partial charge in [-0.1, -0.05) is 30.4 Å². The highest BCUT2D eigenvalue weighted by Gasteiger charge is 2.30. The van der Waals surface area contributed by atoms with Crippen molar-refractivity contribution in [3.05, 3.63) is 35.9 Å². The molecule has 1 heterocycles. The van der Waals surface area contributed by atoms with E-state index in [2.05, 4.69) is 10.6 Å². The third kappa shape index (κ3) is 4.83. The molecule has 2 rings (SSSR count). The second kappa shape index (κ2) is 9.08. The molecular formula is C18H25N3O3. The predicted molar refractivity (Wildman–Crippen MR) is 93.7 cm³/mol. The third-order valence-electron chi connectivity index (χ3n) is 3.97. The number of ether oxygens (including phenoxy) is 1. The van der Waals surface area contributed by atoms with Gasteiger partial charge in [0.25, 0.3) is 0 Å². The number of rotatable bonds is 7. The average molecular weight is 331 g/mol. The molecule has 24 heavy (non-hydrogen) atoms. The lowest BCUT2D eigenvalue weighted by Gasteiger charge is -2.33. The minimum atomic E-state index is -0.424. The van der Waals surface area contributed by atoms with Gasteiger partial charge in [0.2, 0.25) is 11.8 Å². The van der Waals surface area contributed by atoms with Gasteiger partial charge in [0.1, 0.15) is 5.75 Å². The Bertz CT molecular complexity index is 601. The highest BCUT2D eigenvalue weighted by molar-refractivity contribution is 5.88. The third-order valence-corrected chi connectivity index (χ3v) is 3.97. The normalized spacial score (nSPS) is 18.4. The first-order valence-electron chi connectivity index (χ1n) is 8.23. The maximum Gasteiger partial charge on any atom is 0.237 e. The van der Waals surface area contributed by atoms with Crippen molar-refractivity contribution in [2.45, 2.75) is 19.4 Å². The zero-order valence-electron chi connectivity index (χ0n) is 14.2. The molecule has 0 spiro atoms. The zero-order chi connectivity index (χ0) is 17.4. The van der Waals surface area contributed by atoms with Gasteiger partial charge in [-0.15, -0.1) is 0 Å². The molecule has 1 aromatic carbocycles. The standard InChI is InChI=1S/C18H25N3O3/c1-3-19-17(22)13-15-18(23)20-10-12-21(15)11-6-8-14-7-4-5-9-16(14)24-2/h4-9,15H,3,10-13H2,1-2H3,(H,19,22)(H,20,23)/b8-6+. The Hall–Kier alpha value is -2.34. The van der Waals surface area contributed by atoms with Crippen LogP contribution in [0.5, 0.6) is 5.75 Å². The molecule has 0 aliphatic carbocycles. The SMILES string of the molecule is CCNC(=O)CC1C(=O)NCCN1C/C=C/c1ccccc1OC. The molecule has 1 fully saturated rings. The number of benzene rings is 1. The molecule has 1 aliphatic heterocycles. The lowest BCUT2D eigenvalue weighted by atomic mass is 10.1. The topological polar surface area (TPSA) is 70.7 Å². The predicted octanol–water partition coefficient (Wildman–Crippen LogP) is 1.04. The van der Waals surface area contributed by atoms with Gasteiger partial charge in [0.05, 0.1) is 19.6 Å². The van der Waals surface area contributed by atoms with Crippen molar-refractivity contribution in [1.82, 2.24) is 15.5 Å². The fourth-order valence-corrected chi connectivity index (χ4v) is 2.77. The van der Waals surface area contributed by atoms with Gasteiger partial charge in [0.15, 0.2) is 0 Å². The van der Waals surface area contributed by atoms with Crippen LogP contribution >= 0.6 is 0 Å². The Morgan fingerprint density at radius 3 is 3.00 bits per heavy atom. The van der Waals surface area contributed by atoms with Crippen LogP contribution in [0.1, 0.15) is 18.9 Å². The average Bonchev–Trinajstić information content (AvgIpc) is 2.58. The van der Waals surface area contributed by atoms with Crippen LogP contribution in [-0.2, 0) is 9.59 Å². The summed E-state index contributed by atoms with van der Waals surface area (Å²) in [6, 6.07) is 7.34. The van der Waals surface area contributed by atoms with Crippen LogP contribution in [0.3, 0.4) is 0 Å². The van der Waals surface area contributed by atoms with Crippen molar-refractivity contribution in [1.29, 1.82) is 0 Å². The molecule has 6 nitrogen and oxygen atoms in total. The smallest absolute Gasteiger partial charge is 0.237 e. The van der Waals surface area contributed by atoms with E-state index in [1.54, 1.807) is 7.11 Å². The fourth-order valence-electron chi connectivity index (χ4n) is 2.77. The summed E-state index contributed by atoms with van der Waals surface area (Å²) in [6.45, 7) is 4.38. The summed E-state index contributed by atoms with van der Waals surface area (Å²) in [7, 11) is 1.64. The van der Waals surface area contributed by atoms with Crippen LogP contribution in [0.25, 0.3) is 6.08 Å². The van der Waals surface area contributed by atoms with E-state index >= 15 is 0 Å². The van der Waals surface area contributed by atoms with Crippen molar-refractivity contribution < 1.29 is 14.3 Å². The number of hydrogen-bond acceptors (Lipinski definition) is 4. The van der Waals surface area contributed by atoms with Crippen LogP contribution in [0.4, 0.5) is 0 Å². The number of para-hydroxylation sites is 1. The Balaban J connectivity index is 2.01. The molecule has 0 radical (unpaired) electrons. The van der Waals surface area contributed by atoms with Crippen LogP contribution in [0, 0.1) is 0 Å². The summed E-state index contributed by atoms with van der Waals surface area (Å²) in [5.74, 6) is 0.625. The minimum absolute atomic E-state index is 0.0850. The number of nitrogens with one attached hydrogen (secondary N) is 2. The minimum Gasteiger partial charge on any atom is -0.496 e. The van der Waals surface area contributed by atoms with Crippen molar-refractivity contribution in [2.24, 2.45) is 0 Å². The number of amides is 2. The fraction of sp³-hybridized carbons (Fsp3) is 0.444. The molecule has 1 saturated heterocycles. The van der Waals surface area contributed by atoms with Gasteiger partial charge >= 0.3 is 0 Å². The van der Waals surface area contributed by atoms with E-state index in [0.717, 1.165) is 17.9 Å². The Morgan fingerprint density at radius 1 is 1.46 bits per heavy atom. The monoisotopic (exact) mass is 331 g/mol. The van der Waals surface area contributed by atoms with Crippen LogP contribution < -0.4 is 15.4 Å². The van der Waals surface area contributed by atoms with E-state index in [-0.39, 0.29) is 18.2 Å². The molecule has 0 bridgehead atoms. The van der Waals surface area contributed by atoms with Crippen LogP contribution in [0.15, 0.2) is 30.3 Å². The summed E-state index contributed by atoms with van der Waals surface area (Å²) in [5.41, 5.74) is 0.988. The molecule has 0 aromatic heterocycles. The van der Waals surface area contributed by atoms with Crippen molar-refractivity contribution in [3.63, 3.8) is 0 Å². The second-order valence-electron chi connectivity index (χ2n) is 5.60. The summed E-state index contributed by atoms with van der Waals surface area (Å²) >= 11 is 0.